The molecule has 0 fully saturated rings. The molecular weight excluding hydrogens is 218 g/mol. The number of anilines is 1. The lowest BCUT2D eigenvalue weighted by molar-refractivity contribution is 0.872. The summed E-state index contributed by atoms with van der Waals surface area (Å²) in [6.07, 6.45) is 0. The van der Waals surface area contributed by atoms with Gasteiger partial charge < -0.3 is 5.73 Å². The third-order valence-electron chi connectivity index (χ3n) is 2.62. The molecule has 0 radical (unpaired) electrons. The maximum absolute atomic E-state index is 9.22. The molecule has 0 aliphatic heterocycles. The predicted molar refractivity (Wildman–Crippen MR) is 67.6 cm³/mol. The second-order valence-corrected chi connectivity index (χ2v) is 5.18. The first-order chi connectivity index (χ1) is 7.54. The van der Waals surface area contributed by atoms with Crippen molar-refractivity contribution >= 4 is 26.7 Å². The average molecular weight is 231 g/mol. The molecule has 0 saturated carbocycles. The molecule has 82 valence electrons. The molecule has 4 heteroatoms. The van der Waals surface area contributed by atoms with Gasteiger partial charge in [0.25, 0.3) is 0 Å². The van der Waals surface area contributed by atoms with Gasteiger partial charge in [0.05, 0.1) is 21.8 Å². The van der Waals surface area contributed by atoms with Crippen molar-refractivity contribution < 1.29 is 0 Å². The van der Waals surface area contributed by atoms with E-state index in [2.05, 4.69) is 24.9 Å². The minimum Gasteiger partial charge on any atom is -0.375 e. The van der Waals surface area contributed by atoms with Crippen LogP contribution in [0.2, 0.25) is 0 Å². The zero-order valence-corrected chi connectivity index (χ0v) is 10.4. The highest BCUT2D eigenvalue weighted by Gasteiger charge is 2.16. The van der Waals surface area contributed by atoms with Gasteiger partial charge in [-0.15, -0.1) is 0 Å². The summed E-state index contributed by atoms with van der Waals surface area (Å²) >= 11 is 1.46. The number of hydrogen-bond donors (Lipinski definition) is 1. The van der Waals surface area contributed by atoms with Crippen LogP contribution in [0.15, 0.2) is 6.07 Å². The molecule has 2 rings (SSSR count). The molecule has 0 unspecified atom stereocenters. The first-order valence-electron chi connectivity index (χ1n) is 5.14. The number of hydrogen-bond acceptors (Lipinski definition) is 4. The summed E-state index contributed by atoms with van der Waals surface area (Å²) in [5.74, 6) is 0.303. The highest BCUT2D eigenvalue weighted by Crippen LogP contribution is 2.35. The van der Waals surface area contributed by atoms with Crippen molar-refractivity contribution in [1.29, 1.82) is 5.26 Å². The third-order valence-corrected chi connectivity index (χ3v) is 3.55. The van der Waals surface area contributed by atoms with Crippen molar-refractivity contribution in [1.82, 2.24) is 4.98 Å². The van der Waals surface area contributed by atoms with Crippen LogP contribution in [-0.4, -0.2) is 4.98 Å². The van der Waals surface area contributed by atoms with Crippen LogP contribution < -0.4 is 5.73 Å². The number of nitriles is 1. The van der Waals surface area contributed by atoms with Gasteiger partial charge in [0.1, 0.15) is 0 Å². The number of rotatable bonds is 1. The summed E-state index contributed by atoms with van der Waals surface area (Å²) in [4.78, 5) is 4.28. The summed E-state index contributed by atoms with van der Waals surface area (Å²) < 4.78 is 1.05. The molecule has 0 saturated heterocycles. The second-order valence-electron chi connectivity index (χ2n) is 4.15. The van der Waals surface area contributed by atoms with E-state index in [0.29, 0.717) is 11.0 Å². The van der Waals surface area contributed by atoms with Gasteiger partial charge in [-0.2, -0.15) is 5.26 Å². The van der Waals surface area contributed by atoms with E-state index < -0.39 is 0 Å². The Morgan fingerprint density at radius 1 is 1.50 bits per heavy atom. The second kappa shape index (κ2) is 3.76. The van der Waals surface area contributed by atoms with Crippen molar-refractivity contribution in [2.45, 2.75) is 26.7 Å². The van der Waals surface area contributed by atoms with Crippen LogP contribution in [-0.2, 0) is 0 Å². The maximum atomic E-state index is 9.22. The van der Waals surface area contributed by atoms with Crippen molar-refractivity contribution in [3.63, 3.8) is 0 Å². The average Bonchev–Trinajstić information content (AvgIpc) is 2.55. The molecule has 1 heterocycles. The number of thiazole rings is 1. The number of aromatic nitrogens is 1. The molecule has 16 heavy (non-hydrogen) atoms. The van der Waals surface area contributed by atoms with Crippen molar-refractivity contribution in [2.75, 3.05) is 5.73 Å². The number of benzene rings is 1. The smallest absolute Gasteiger partial charge is 0.181 e. The topological polar surface area (TPSA) is 62.7 Å². The fourth-order valence-corrected chi connectivity index (χ4v) is 2.95. The zero-order valence-electron chi connectivity index (χ0n) is 9.53. The third kappa shape index (κ3) is 1.54. The summed E-state index contributed by atoms with van der Waals surface area (Å²) in [6.45, 7) is 6.12. The van der Waals surface area contributed by atoms with Crippen molar-refractivity contribution in [3.8, 4) is 6.07 Å². The van der Waals surface area contributed by atoms with Gasteiger partial charge in [-0.25, -0.2) is 4.98 Å². The highest BCUT2D eigenvalue weighted by atomic mass is 32.1. The number of aryl methyl sites for hydroxylation is 1. The van der Waals surface area contributed by atoms with Gasteiger partial charge >= 0.3 is 0 Å². The SMILES string of the molecule is Cc1cc2nc(N)sc2c(C(C)C)c1C#N. The van der Waals surface area contributed by atoms with E-state index in [1.54, 1.807) is 0 Å². The molecule has 0 aliphatic carbocycles. The molecule has 0 amide bonds. The molecule has 1 aromatic carbocycles. The molecule has 1 aromatic heterocycles. The summed E-state index contributed by atoms with van der Waals surface area (Å²) in [5.41, 5.74) is 9.45. The standard InChI is InChI=1S/C12H13N3S/c1-6(2)10-8(5-13)7(3)4-9-11(10)16-12(14)15-9/h4,6H,1-3H3,(H2,14,15). The monoisotopic (exact) mass is 231 g/mol. The maximum Gasteiger partial charge on any atom is 0.181 e. The van der Waals surface area contributed by atoms with E-state index in [9.17, 15) is 5.26 Å². The minimum atomic E-state index is 0.303. The van der Waals surface area contributed by atoms with Crippen LogP contribution >= 0.6 is 11.3 Å². The van der Waals surface area contributed by atoms with Gasteiger partial charge in [0.2, 0.25) is 0 Å². The molecule has 2 aromatic rings. The molecule has 3 nitrogen and oxygen atoms in total. The van der Waals surface area contributed by atoms with E-state index in [4.69, 9.17) is 5.73 Å². The van der Waals surface area contributed by atoms with Crippen LogP contribution in [0.1, 0.15) is 36.5 Å². The molecule has 0 bridgehead atoms. The van der Waals surface area contributed by atoms with Crippen LogP contribution in [0.25, 0.3) is 10.2 Å². The lowest BCUT2D eigenvalue weighted by atomic mass is 9.94. The number of nitrogens with two attached hydrogens (primary N) is 1. The van der Waals surface area contributed by atoms with Gasteiger partial charge in [-0.05, 0) is 30.0 Å². The molecule has 0 atom stereocenters. The van der Waals surface area contributed by atoms with Crippen LogP contribution in [0.5, 0.6) is 0 Å². The lowest BCUT2D eigenvalue weighted by Crippen LogP contribution is -1.96. The number of nitrogen functional groups attached to an aromatic ring is 1. The Labute approximate surface area is 98.5 Å². The van der Waals surface area contributed by atoms with Crippen LogP contribution in [0.3, 0.4) is 0 Å². The van der Waals surface area contributed by atoms with Crippen LogP contribution in [0.4, 0.5) is 5.13 Å². The van der Waals surface area contributed by atoms with Gasteiger partial charge in [0.15, 0.2) is 5.13 Å². The van der Waals surface area contributed by atoms with Crippen LogP contribution in [0, 0.1) is 18.3 Å². The number of fused-ring (bicyclic) bond motifs is 1. The fraction of sp³-hybridized carbons (Fsp3) is 0.333. The Hall–Kier alpha value is -1.60. The Bertz CT molecular complexity index is 590. The molecular formula is C12H13N3S. The number of nitrogens with zero attached hydrogens (tertiary/aromatic N) is 2. The first kappa shape index (κ1) is 10.9. The Balaban J connectivity index is 2.93. The van der Waals surface area contributed by atoms with E-state index in [1.807, 2.05) is 13.0 Å². The Kier molecular flexibility index (Phi) is 2.56. The van der Waals surface area contributed by atoms with Gasteiger partial charge in [-0.3, -0.25) is 0 Å². The molecule has 2 N–H and O–H groups in total. The Morgan fingerprint density at radius 3 is 2.75 bits per heavy atom. The highest BCUT2D eigenvalue weighted by molar-refractivity contribution is 7.22. The first-order valence-corrected chi connectivity index (χ1v) is 5.95. The van der Waals surface area contributed by atoms with E-state index in [0.717, 1.165) is 26.9 Å². The van der Waals surface area contributed by atoms with Gasteiger partial charge in [0, 0.05) is 0 Å². The van der Waals surface area contributed by atoms with Crippen molar-refractivity contribution in [2.24, 2.45) is 0 Å². The zero-order chi connectivity index (χ0) is 11.9. The summed E-state index contributed by atoms with van der Waals surface area (Å²) in [5, 5.41) is 9.78. The molecule has 0 spiro atoms. The normalized spacial score (nSPS) is 10.9. The predicted octanol–water partition coefficient (Wildman–Crippen LogP) is 3.18. The van der Waals surface area contributed by atoms with E-state index in [-0.39, 0.29) is 0 Å². The van der Waals surface area contributed by atoms with Gasteiger partial charge in [-0.1, -0.05) is 25.2 Å². The van der Waals surface area contributed by atoms with E-state index in [1.165, 1.54) is 11.3 Å². The lowest BCUT2D eigenvalue weighted by Gasteiger charge is -2.10. The summed E-state index contributed by atoms with van der Waals surface area (Å²) in [7, 11) is 0. The minimum absolute atomic E-state index is 0.303. The van der Waals surface area contributed by atoms with Crippen molar-refractivity contribution in [3.05, 3.63) is 22.8 Å². The largest absolute Gasteiger partial charge is 0.375 e. The Morgan fingerprint density at radius 2 is 2.19 bits per heavy atom. The van der Waals surface area contributed by atoms with E-state index >= 15 is 0 Å². The summed E-state index contributed by atoms with van der Waals surface area (Å²) in [6, 6.07) is 4.22. The fourth-order valence-electron chi connectivity index (χ4n) is 1.94. The molecule has 0 aliphatic rings. The quantitative estimate of drug-likeness (QED) is 0.819.